The summed E-state index contributed by atoms with van der Waals surface area (Å²) in [6, 6.07) is 53.7. The Kier molecular flexibility index (Phi) is 6.21. The van der Waals surface area contributed by atoms with E-state index in [1.807, 2.05) is 0 Å². The first kappa shape index (κ1) is 24.9. The second-order valence-corrected chi connectivity index (χ2v) is 13.8. The summed E-state index contributed by atoms with van der Waals surface area (Å²) in [7, 11) is 0. The molecule has 1 aliphatic rings. The van der Waals surface area contributed by atoms with Crippen molar-refractivity contribution in [1.82, 2.24) is 0 Å². The standard InChI is InChI=1S/C38H24BSe2/c40-34-24-26(22-23-31(34)39-32-18-8-10-20-35(32)41-36-21-11-9-19-33(36)39)38-29-16-6-4-14-27(29)37(25-12-2-1-3-13-25)28-15-5-7-17-30(28)38/h1-24H. The van der Waals surface area contributed by atoms with E-state index in [1.54, 1.807) is 0 Å². The number of benzene rings is 7. The monoisotopic (exact) mass is 651 g/mol. The Labute approximate surface area is 255 Å². The number of fused-ring (bicyclic) bond motifs is 4. The van der Waals surface area contributed by atoms with E-state index in [1.165, 1.54) is 73.6 Å². The zero-order valence-corrected chi connectivity index (χ0v) is 25.7. The van der Waals surface area contributed by atoms with Crippen LogP contribution < -0.4 is 29.8 Å². The van der Waals surface area contributed by atoms with Gasteiger partial charge in [0.2, 0.25) is 0 Å². The van der Waals surface area contributed by atoms with Crippen LogP contribution in [-0.4, -0.2) is 37.7 Å². The van der Waals surface area contributed by atoms with Crippen LogP contribution in [0.25, 0.3) is 43.8 Å². The fraction of sp³-hybridized carbons (Fsp3) is 0. The van der Waals surface area contributed by atoms with Gasteiger partial charge in [-0.05, 0) is 0 Å². The van der Waals surface area contributed by atoms with Crippen LogP contribution in [0, 0.1) is 0 Å². The van der Waals surface area contributed by atoms with Gasteiger partial charge in [0.15, 0.2) is 0 Å². The van der Waals surface area contributed by atoms with E-state index in [0.717, 1.165) is 0 Å². The predicted octanol–water partition coefficient (Wildman–Crippen LogP) is 4.61. The first-order chi connectivity index (χ1) is 20.3. The van der Waals surface area contributed by atoms with Gasteiger partial charge in [0.05, 0.1) is 0 Å². The van der Waals surface area contributed by atoms with Gasteiger partial charge in [-0.3, -0.25) is 0 Å². The average molecular weight is 649 g/mol. The molecule has 0 atom stereocenters. The molecule has 0 aliphatic carbocycles. The molecule has 191 valence electrons. The SMILES string of the molecule is [Se]c1cc(-c2c3ccccc3c(-c3ccccc3)c3ccccc23)ccc1B1c2ccccc2[Se]c2ccccc21. The average Bonchev–Trinajstić information content (AvgIpc) is 3.03. The van der Waals surface area contributed by atoms with Gasteiger partial charge in [-0.1, -0.05) is 0 Å². The molecule has 0 aromatic heterocycles. The molecule has 0 bridgehead atoms. The van der Waals surface area contributed by atoms with Crippen molar-refractivity contribution < 1.29 is 0 Å². The van der Waals surface area contributed by atoms with Crippen molar-refractivity contribution in [2.75, 3.05) is 0 Å². The third kappa shape index (κ3) is 4.12. The molecule has 1 heterocycles. The zero-order chi connectivity index (χ0) is 27.3. The first-order valence-electron chi connectivity index (χ1n) is 13.9. The normalized spacial score (nSPS) is 12.3. The molecular weight excluding hydrogens is 625 g/mol. The minimum absolute atomic E-state index is 0.234. The van der Waals surface area contributed by atoms with Crippen LogP contribution in [0.15, 0.2) is 146 Å². The third-order valence-corrected chi connectivity index (χ3v) is 11.5. The molecule has 0 amide bonds. The van der Waals surface area contributed by atoms with Crippen LogP contribution in [0.4, 0.5) is 0 Å². The van der Waals surface area contributed by atoms with Crippen molar-refractivity contribution in [2.24, 2.45) is 0 Å². The summed E-state index contributed by atoms with van der Waals surface area (Å²) in [5, 5.41) is 5.15. The summed E-state index contributed by atoms with van der Waals surface area (Å²) < 4.78 is 4.19. The molecule has 0 spiro atoms. The van der Waals surface area contributed by atoms with E-state index in [-0.39, 0.29) is 6.71 Å². The summed E-state index contributed by atoms with van der Waals surface area (Å²) in [5.74, 6) is 0. The Bertz CT molecular complexity index is 2000. The van der Waals surface area contributed by atoms with Gasteiger partial charge in [0.1, 0.15) is 0 Å². The van der Waals surface area contributed by atoms with Gasteiger partial charge < -0.3 is 0 Å². The summed E-state index contributed by atoms with van der Waals surface area (Å²) in [4.78, 5) is 0. The van der Waals surface area contributed by atoms with Crippen molar-refractivity contribution in [2.45, 2.75) is 0 Å². The Morgan fingerprint density at radius 2 is 0.878 bits per heavy atom. The van der Waals surface area contributed by atoms with Crippen LogP contribution in [0.5, 0.6) is 0 Å². The van der Waals surface area contributed by atoms with Crippen molar-refractivity contribution >= 4 is 89.0 Å². The summed E-state index contributed by atoms with van der Waals surface area (Å²) in [6.07, 6.45) is 0. The quantitative estimate of drug-likeness (QED) is 0.194. The van der Waals surface area contributed by atoms with E-state index in [0.29, 0.717) is 15.0 Å². The minimum atomic E-state index is 0.234. The van der Waals surface area contributed by atoms with Gasteiger partial charge in [0.25, 0.3) is 0 Å². The molecule has 0 fully saturated rings. The van der Waals surface area contributed by atoms with Crippen molar-refractivity contribution in [3.63, 3.8) is 0 Å². The number of rotatable bonds is 3. The number of hydrogen-bond acceptors (Lipinski definition) is 0. The molecule has 0 saturated carbocycles. The predicted molar refractivity (Wildman–Crippen MR) is 180 cm³/mol. The number of hydrogen-bond donors (Lipinski definition) is 0. The van der Waals surface area contributed by atoms with Gasteiger partial charge in [0, 0.05) is 0 Å². The molecule has 8 rings (SSSR count). The molecule has 0 unspecified atom stereocenters. The molecule has 0 saturated heterocycles. The molecule has 7 aromatic rings. The summed E-state index contributed by atoms with van der Waals surface area (Å²) >= 11 is 3.81. The summed E-state index contributed by atoms with van der Waals surface area (Å²) in [5.41, 5.74) is 9.33. The fourth-order valence-corrected chi connectivity index (χ4v) is 9.57. The second-order valence-electron chi connectivity index (χ2n) is 10.6. The van der Waals surface area contributed by atoms with E-state index >= 15 is 0 Å². The van der Waals surface area contributed by atoms with E-state index in [4.69, 9.17) is 0 Å². The van der Waals surface area contributed by atoms with E-state index in [2.05, 4.69) is 162 Å². The maximum absolute atomic E-state index is 3.48. The molecular formula is C38H24BSe2. The van der Waals surface area contributed by atoms with Gasteiger partial charge in [-0.25, -0.2) is 0 Å². The molecule has 41 heavy (non-hydrogen) atoms. The molecule has 3 heteroatoms. The van der Waals surface area contributed by atoms with Crippen LogP contribution >= 0.6 is 0 Å². The molecule has 0 nitrogen and oxygen atoms in total. The van der Waals surface area contributed by atoms with Crippen LogP contribution in [0.2, 0.25) is 0 Å². The Balaban J connectivity index is 1.36. The maximum atomic E-state index is 3.48. The molecule has 7 aromatic carbocycles. The first-order valence-corrected chi connectivity index (χ1v) is 16.5. The van der Waals surface area contributed by atoms with E-state index < -0.39 is 0 Å². The fourth-order valence-electron chi connectivity index (χ4n) is 6.53. The second kappa shape index (κ2) is 10.2. The van der Waals surface area contributed by atoms with Crippen LogP contribution in [0.1, 0.15) is 0 Å². The van der Waals surface area contributed by atoms with Gasteiger partial charge >= 0.3 is 257 Å². The molecule has 0 N–H and O–H groups in total. The summed E-state index contributed by atoms with van der Waals surface area (Å²) in [6.45, 7) is 0.234. The molecule has 1 aliphatic heterocycles. The van der Waals surface area contributed by atoms with Crippen molar-refractivity contribution in [3.8, 4) is 22.3 Å². The third-order valence-electron chi connectivity index (χ3n) is 8.29. The topological polar surface area (TPSA) is 0 Å². The zero-order valence-electron chi connectivity index (χ0n) is 22.3. The Morgan fingerprint density at radius 1 is 0.415 bits per heavy atom. The Hall–Kier alpha value is -3.84. The van der Waals surface area contributed by atoms with E-state index in [9.17, 15) is 0 Å². The van der Waals surface area contributed by atoms with Crippen LogP contribution in [0.3, 0.4) is 0 Å². The Morgan fingerprint density at radius 3 is 1.41 bits per heavy atom. The van der Waals surface area contributed by atoms with Crippen LogP contribution in [-0.2, 0) is 0 Å². The van der Waals surface area contributed by atoms with Gasteiger partial charge in [-0.2, -0.15) is 0 Å². The molecule has 1 radical (unpaired) electrons. The van der Waals surface area contributed by atoms with Crippen molar-refractivity contribution in [1.29, 1.82) is 0 Å². The van der Waals surface area contributed by atoms with Gasteiger partial charge in [-0.15, -0.1) is 0 Å². The van der Waals surface area contributed by atoms with Crippen molar-refractivity contribution in [3.05, 3.63) is 146 Å².